The summed E-state index contributed by atoms with van der Waals surface area (Å²) in [4.78, 5) is 12.3. The van der Waals surface area contributed by atoms with Gasteiger partial charge in [-0.3, -0.25) is 9.10 Å². The van der Waals surface area contributed by atoms with Crippen molar-refractivity contribution in [1.29, 1.82) is 0 Å². The SMILES string of the molecule is CC(C)Oc1cccc(N(CC(=O)NCCCc2ccc(Cl)cc2)S(C)(=O)=O)c1. The minimum atomic E-state index is -3.63. The van der Waals surface area contributed by atoms with Crippen molar-refractivity contribution in [2.24, 2.45) is 0 Å². The predicted octanol–water partition coefficient (Wildman–Crippen LogP) is 3.64. The monoisotopic (exact) mass is 438 g/mol. The second-order valence-corrected chi connectivity index (χ2v) is 9.36. The number of halogens is 1. The van der Waals surface area contributed by atoms with E-state index in [1.807, 2.05) is 38.1 Å². The molecular formula is C21H27ClN2O4S. The maximum absolute atomic E-state index is 12.3. The molecule has 1 N–H and O–H groups in total. The lowest BCUT2D eigenvalue weighted by Gasteiger charge is -2.22. The van der Waals surface area contributed by atoms with Crippen molar-refractivity contribution in [2.45, 2.75) is 32.8 Å². The first-order valence-electron chi connectivity index (χ1n) is 9.41. The zero-order chi connectivity index (χ0) is 21.4. The molecule has 0 unspecified atom stereocenters. The van der Waals surface area contributed by atoms with Crippen LogP contribution in [-0.2, 0) is 21.2 Å². The molecule has 0 aliphatic rings. The Morgan fingerprint density at radius 2 is 1.86 bits per heavy atom. The first kappa shape index (κ1) is 23.0. The quantitative estimate of drug-likeness (QED) is 0.574. The standard InChI is InChI=1S/C21H27ClN2O4S/c1-16(2)28-20-8-4-7-19(14-20)24(29(3,26)27)15-21(25)23-13-5-6-17-9-11-18(22)12-10-17/h4,7-12,14,16H,5-6,13,15H2,1-3H3,(H,23,25). The molecule has 1 amide bonds. The zero-order valence-electron chi connectivity index (χ0n) is 16.9. The Balaban J connectivity index is 1.94. The Morgan fingerprint density at radius 3 is 2.48 bits per heavy atom. The lowest BCUT2D eigenvalue weighted by atomic mass is 10.1. The second-order valence-electron chi connectivity index (χ2n) is 7.01. The molecule has 0 radical (unpaired) electrons. The van der Waals surface area contributed by atoms with Crippen LogP contribution in [0, 0.1) is 0 Å². The summed E-state index contributed by atoms with van der Waals surface area (Å²) in [6.45, 7) is 3.94. The van der Waals surface area contributed by atoms with E-state index in [1.165, 1.54) is 0 Å². The Labute approximate surface area is 177 Å². The summed E-state index contributed by atoms with van der Waals surface area (Å²) in [5.41, 5.74) is 1.52. The molecule has 0 saturated carbocycles. The van der Waals surface area contributed by atoms with E-state index in [9.17, 15) is 13.2 Å². The van der Waals surface area contributed by atoms with E-state index in [4.69, 9.17) is 16.3 Å². The van der Waals surface area contributed by atoms with E-state index in [2.05, 4.69) is 5.32 Å². The smallest absolute Gasteiger partial charge is 0.240 e. The number of rotatable bonds is 10. The molecule has 0 atom stereocenters. The van der Waals surface area contributed by atoms with Gasteiger partial charge in [-0.2, -0.15) is 0 Å². The molecule has 0 fully saturated rings. The maximum atomic E-state index is 12.3. The van der Waals surface area contributed by atoms with Crippen LogP contribution in [0.5, 0.6) is 5.75 Å². The van der Waals surface area contributed by atoms with E-state index >= 15 is 0 Å². The first-order valence-corrected chi connectivity index (χ1v) is 11.6. The molecule has 2 aromatic rings. The van der Waals surface area contributed by atoms with Gasteiger partial charge in [0.1, 0.15) is 12.3 Å². The number of ether oxygens (including phenoxy) is 1. The van der Waals surface area contributed by atoms with Crippen LogP contribution in [-0.4, -0.2) is 39.8 Å². The number of aryl methyl sites for hydroxylation is 1. The van der Waals surface area contributed by atoms with Crippen molar-refractivity contribution in [1.82, 2.24) is 5.32 Å². The van der Waals surface area contributed by atoms with Crippen molar-refractivity contribution in [2.75, 3.05) is 23.7 Å². The van der Waals surface area contributed by atoms with Crippen LogP contribution in [0.2, 0.25) is 5.02 Å². The number of carbonyl (C=O) groups is 1. The van der Waals surface area contributed by atoms with Gasteiger partial charge < -0.3 is 10.1 Å². The Morgan fingerprint density at radius 1 is 1.17 bits per heavy atom. The highest BCUT2D eigenvalue weighted by Crippen LogP contribution is 2.23. The van der Waals surface area contributed by atoms with Crippen molar-refractivity contribution in [3.63, 3.8) is 0 Å². The van der Waals surface area contributed by atoms with Gasteiger partial charge in [0.2, 0.25) is 15.9 Å². The molecule has 0 bridgehead atoms. The third-order valence-electron chi connectivity index (χ3n) is 4.04. The molecule has 8 heteroatoms. The van der Waals surface area contributed by atoms with Gasteiger partial charge in [0.15, 0.2) is 0 Å². The molecule has 0 aromatic heterocycles. The molecule has 0 aliphatic carbocycles. The average Bonchev–Trinajstić information content (AvgIpc) is 2.63. The van der Waals surface area contributed by atoms with Gasteiger partial charge in [-0.05, 0) is 56.5 Å². The van der Waals surface area contributed by atoms with E-state index in [-0.39, 0.29) is 18.6 Å². The predicted molar refractivity (Wildman–Crippen MR) is 117 cm³/mol. The normalized spacial score (nSPS) is 11.3. The fourth-order valence-corrected chi connectivity index (χ4v) is 3.72. The molecule has 158 valence electrons. The number of hydrogen-bond acceptors (Lipinski definition) is 4. The Bertz CT molecular complexity index is 915. The number of sulfonamides is 1. The summed E-state index contributed by atoms with van der Waals surface area (Å²) in [5, 5.41) is 3.47. The van der Waals surface area contributed by atoms with Gasteiger partial charge in [-0.25, -0.2) is 8.42 Å². The Hall–Kier alpha value is -2.25. The van der Waals surface area contributed by atoms with Gasteiger partial charge in [-0.1, -0.05) is 29.8 Å². The number of nitrogens with zero attached hydrogens (tertiary/aromatic N) is 1. The minimum Gasteiger partial charge on any atom is -0.491 e. The number of nitrogens with one attached hydrogen (secondary N) is 1. The number of benzene rings is 2. The van der Waals surface area contributed by atoms with E-state index in [0.29, 0.717) is 23.0 Å². The van der Waals surface area contributed by atoms with Crippen molar-refractivity contribution >= 4 is 33.2 Å². The summed E-state index contributed by atoms with van der Waals surface area (Å²) >= 11 is 5.87. The van der Waals surface area contributed by atoms with E-state index in [1.54, 1.807) is 24.3 Å². The molecule has 2 aromatic carbocycles. The van der Waals surface area contributed by atoms with E-state index < -0.39 is 10.0 Å². The van der Waals surface area contributed by atoms with Gasteiger partial charge in [0.25, 0.3) is 0 Å². The lowest BCUT2D eigenvalue weighted by Crippen LogP contribution is -2.40. The summed E-state index contributed by atoms with van der Waals surface area (Å²) in [6, 6.07) is 14.3. The fourth-order valence-electron chi connectivity index (χ4n) is 2.74. The number of amides is 1. The molecule has 0 heterocycles. The lowest BCUT2D eigenvalue weighted by molar-refractivity contribution is -0.119. The van der Waals surface area contributed by atoms with Gasteiger partial charge in [-0.15, -0.1) is 0 Å². The molecule has 6 nitrogen and oxygen atoms in total. The fraction of sp³-hybridized carbons (Fsp3) is 0.381. The van der Waals surface area contributed by atoms with E-state index in [0.717, 1.165) is 29.0 Å². The van der Waals surface area contributed by atoms with Crippen LogP contribution in [0.25, 0.3) is 0 Å². The number of anilines is 1. The highest BCUT2D eigenvalue weighted by atomic mass is 35.5. The maximum Gasteiger partial charge on any atom is 0.240 e. The van der Waals surface area contributed by atoms with Gasteiger partial charge in [0, 0.05) is 17.6 Å². The molecule has 0 saturated heterocycles. The third kappa shape index (κ3) is 7.95. The zero-order valence-corrected chi connectivity index (χ0v) is 18.5. The largest absolute Gasteiger partial charge is 0.491 e. The van der Waals surface area contributed by atoms with Gasteiger partial charge >= 0.3 is 0 Å². The van der Waals surface area contributed by atoms with Crippen LogP contribution in [0.15, 0.2) is 48.5 Å². The van der Waals surface area contributed by atoms with Crippen LogP contribution >= 0.6 is 11.6 Å². The topological polar surface area (TPSA) is 75.7 Å². The van der Waals surface area contributed by atoms with Crippen molar-refractivity contribution in [3.8, 4) is 5.75 Å². The summed E-state index contributed by atoms with van der Waals surface area (Å²) < 4.78 is 31.2. The second kappa shape index (κ2) is 10.5. The average molecular weight is 439 g/mol. The van der Waals surface area contributed by atoms with Gasteiger partial charge in [0.05, 0.1) is 18.0 Å². The van der Waals surface area contributed by atoms with Crippen LogP contribution in [0.3, 0.4) is 0 Å². The minimum absolute atomic E-state index is 0.0409. The number of hydrogen-bond donors (Lipinski definition) is 1. The van der Waals surface area contributed by atoms with Crippen LogP contribution < -0.4 is 14.4 Å². The summed E-state index contributed by atoms with van der Waals surface area (Å²) in [7, 11) is -3.63. The molecule has 0 spiro atoms. The third-order valence-corrected chi connectivity index (χ3v) is 5.44. The summed E-state index contributed by atoms with van der Waals surface area (Å²) in [5.74, 6) is 0.191. The molecular weight excluding hydrogens is 412 g/mol. The molecule has 2 rings (SSSR count). The first-order chi connectivity index (χ1) is 13.6. The highest BCUT2D eigenvalue weighted by molar-refractivity contribution is 7.92. The molecule has 29 heavy (non-hydrogen) atoms. The summed E-state index contributed by atoms with van der Waals surface area (Å²) in [6.07, 6.45) is 2.57. The van der Waals surface area contributed by atoms with Crippen molar-refractivity contribution in [3.05, 3.63) is 59.1 Å². The van der Waals surface area contributed by atoms with Crippen LogP contribution in [0.1, 0.15) is 25.8 Å². The van der Waals surface area contributed by atoms with Crippen molar-refractivity contribution < 1.29 is 17.9 Å². The highest BCUT2D eigenvalue weighted by Gasteiger charge is 2.21. The molecule has 0 aliphatic heterocycles. The Kier molecular flexibility index (Phi) is 8.34. The number of carbonyl (C=O) groups excluding carboxylic acids is 1. The van der Waals surface area contributed by atoms with Crippen LogP contribution in [0.4, 0.5) is 5.69 Å².